The third-order valence-corrected chi connectivity index (χ3v) is 5.72. The smallest absolute Gasteiger partial charge is 0.0107 e. The Kier molecular flexibility index (Phi) is 6.66. The molecular formula is C5H10Br3P. The van der Waals surface area contributed by atoms with Crippen LogP contribution in [-0.2, 0) is 0 Å². The fourth-order valence-electron chi connectivity index (χ4n) is 0.271. The van der Waals surface area contributed by atoms with Crippen LogP contribution in [0.2, 0.25) is 0 Å². The molecule has 0 aliphatic heterocycles. The Balaban J connectivity index is 3.82. The van der Waals surface area contributed by atoms with E-state index in [0.29, 0.717) is 5.41 Å². The largest absolute Gasteiger partial charge is 0.137 e. The number of alkyl halides is 3. The molecule has 0 aromatic rings. The van der Waals surface area contributed by atoms with E-state index in [1.807, 2.05) is 0 Å². The molecule has 0 N–H and O–H groups in total. The zero-order chi connectivity index (χ0) is 7.33. The highest BCUT2D eigenvalue weighted by Gasteiger charge is 2.23. The van der Waals surface area contributed by atoms with Gasteiger partial charge in [0.2, 0.25) is 0 Å². The van der Waals surface area contributed by atoms with Crippen molar-refractivity contribution in [2.24, 2.45) is 5.41 Å². The summed E-state index contributed by atoms with van der Waals surface area (Å²) in [4.78, 5) is 0. The molecule has 9 heavy (non-hydrogen) atoms. The van der Waals surface area contributed by atoms with Gasteiger partial charge in [-0.25, -0.2) is 0 Å². The average molecular weight is 341 g/mol. The van der Waals surface area contributed by atoms with Crippen molar-refractivity contribution in [2.75, 3.05) is 22.2 Å². The van der Waals surface area contributed by atoms with Crippen molar-refractivity contribution >= 4 is 57.0 Å². The molecule has 0 aromatic carbocycles. The molecule has 0 aromatic heterocycles. The van der Waals surface area contributed by atoms with Gasteiger partial charge in [-0.2, -0.15) is 0 Å². The molecule has 0 radical (unpaired) electrons. The van der Waals surface area contributed by atoms with Gasteiger partial charge in [-0.3, -0.25) is 0 Å². The molecule has 0 amide bonds. The average Bonchev–Trinajstić information content (AvgIpc) is 1.95. The summed E-state index contributed by atoms with van der Waals surface area (Å²) >= 11 is 10.4. The van der Waals surface area contributed by atoms with Gasteiger partial charge in [0.25, 0.3) is 0 Å². The predicted octanol–water partition coefficient (Wildman–Crippen LogP) is 3.03. The summed E-state index contributed by atoms with van der Waals surface area (Å²) in [6.45, 7) is 0. The molecular weight excluding hydrogens is 331 g/mol. The summed E-state index contributed by atoms with van der Waals surface area (Å²) in [5.41, 5.74) is 0.380. The normalized spacial score (nSPS) is 12.0. The Bertz CT molecular complexity index is 55.1. The van der Waals surface area contributed by atoms with Crippen LogP contribution in [0.15, 0.2) is 0 Å². The standard InChI is InChI=1S/C5H10Br3P/c6-1-5(2-7,3-8)4-9/h1-4,9H2. The first-order valence-electron chi connectivity index (χ1n) is 2.62. The SMILES string of the molecule is PCC(CBr)(CBr)CBr. The minimum absolute atomic E-state index is 0.380. The fraction of sp³-hybridized carbons (Fsp3) is 1.00. The van der Waals surface area contributed by atoms with E-state index in [9.17, 15) is 0 Å². The van der Waals surface area contributed by atoms with Crippen LogP contribution in [0.25, 0.3) is 0 Å². The van der Waals surface area contributed by atoms with Crippen LogP contribution in [-0.4, -0.2) is 22.2 Å². The van der Waals surface area contributed by atoms with Crippen molar-refractivity contribution in [1.82, 2.24) is 0 Å². The van der Waals surface area contributed by atoms with E-state index in [1.54, 1.807) is 0 Å². The first-order chi connectivity index (χ1) is 4.24. The Labute approximate surface area is 84.1 Å². The number of rotatable bonds is 4. The third kappa shape index (κ3) is 3.18. The molecule has 0 rings (SSSR count). The zero-order valence-electron chi connectivity index (χ0n) is 5.04. The van der Waals surface area contributed by atoms with Crippen molar-refractivity contribution in [3.05, 3.63) is 0 Å². The number of hydrogen-bond donors (Lipinski definition) is 0. The Morgan fingerprint density at radius 1 is 1.00 bits per heavy atom. The molecule has 0 saturated heterocycles. The topological polar surface area (TPSA) is 0 Å². The maximum atomic E-state index is 3.48. The lowest BCUT2D eigenvalue weighted by molar-refractivity contribution is 0.528. The van der Waals surface area contributed by atoms with Crippen molar-refractivity contribution in [3.63, 3.8) is 0 Å². The molecule has 4 heteroatoms. The zero-order valence-corrected chi connectivity index (χ0v) is 11.0. The van der Waals surface area contributed by atoms with Gasteiger partial charge in [-0.15, -0.1) is 9.24 Å². The molecule has 0 fully saturated rings. The summed E-state index contributed by atoms with van der Waals surface area (Å²) in [5.74, 6) is 0. The van der Waals surface area contributed by atoms with Gasteiger partial charge < -0.3 is 0 Å². The van der Waals surface area contributed by atoms with E-state index < -0.39 is 0 Å². The molecule has 0 saturated carbocycles. The molecule has 0 nitrogen and oxygen atoms in total. The minimum atomic E-state index is 0.380. The monoisotopic (exact) mass is 338 g/mol. The summed E-state index contributed by atoms with van der Waals surface area (Å²) in [5, 5.41) is 3.12. The lowest BCUT2D eigenvalue weighted by atomic mass is 10.0. The fourth-order valence-corrected chi connectivity index (χ4v) is 5.44. The maximum Gasteiger partial charge on any atom is 0.0107 e. The third-order valence-electron chi connectivity index (χ3n) is 1.28. The second-order valence-electron chi connectivity index (χ2n) is 2.11. The van der Waals surface area contributed by atoms with Gasteiger partial charge in [0.1, 0.15) is 0 Å². The van der Waals surface area contributed by atoms with Gasteiger partial charge in [0.05, 0.1) is 0 Å². The lowest BCUT2D eigenvalue weighted by Crippen LogP contribution is -2.28. The molecule has 56 valence electrons. The van der Waals surface area contributed by atoms with E-state index in [2.05, 4.69) is 57.0 Å². The van der Waals surface area contributed by atoms with Crippen LogP contribution in [0.4, 0.5) is 0 Å². The molecule has 0 spiro atoms. The Morgan fingerprint density at radius 2 is 1.33 bits per heavy atom. The maximum absolute atomic E-state index is 3.48. The molecule has 0 aliphatic rings. The van der Waals surface area contributed by atoms with Gasteiger partial charge in [0, 0.05) is 21.4 Å². The molecule has 1 atom stereocenters. The van der Waals surface area contributed by atoms with Gasteiger partial charge in [-0.05, 0) is 6.16 Å². The Hall–Kier alpha value is 1.87. The second-order valence-corrected chi connectivity index (χ2v) is 4.20. The van der Waals surface area contributed by atoms with Crippen LogP contribution in [0, 0.1) is 5.41 Å². The van der Waals surface area contributed by atoms with Crippen LogP contribution < -0.4 is 0 Å². The van der Waals surface area contributed by atoms with Crippen LogP contribution in [0.1, 0.15) is 0 Å². The van der Waals surface area contributed by atoms with Crippen LogP contribution >= 0.6 is 57.0 Å². The summed E-state index contributed by atoms with van der Waals surface area (Å²) in [6, 6.07) is 0. The number of halogens is 3. The van der Waals surface area contributed by atoms with E-state index in [1.165, 1.54) is 0 Å². The number of hydrogen-bond acceptors (Lipinski definition) is 0. The minimum Gasteiger partial charge on any atom is -0.137 e. The van der Waals surface area contributed by atoms with Gasteiger partial charge >= 0.3 is 0 Å². The quantitative estimate of drug-likeness (QED) is 0.545. The van der Waals surface area contributed by atoms with Crippen molar-refractivity contribution in [1.29, 1.82) is 0 Å². The van der Waals surface area contributed by atoms with Crippen molar-refractivity contribution < 1.29 is 0 Å². The molecule has 0 heterocycles. The predicted molar refractivity (Wildman–Crippen MR) is 58.4 cm³/mol. The first kappa shape index (κ1) is 10.9. The van der Waals surface area contributed by atoms with E-state index in [0.717, 1.165) is 22.2 Å². The van der Waals surface area contributed by atoms with Crippen molar-refractivity contribution in [2.45, 2.75) is 0 Å². The van der Waals surface area contributed by atoms with E-state index in [4.69, 9.17) is 0 Å². The van der Waals surface area contributed by atoms with Crippen LogP contribution in [0.3, 0.4) is 0 Å². The van der Waals surface area contributed by atoms with E-state index in [-0.39, 0.29) is 0 Å². The Morgan fingerprint density at radius 3 is 1.33 bits per heavy atom. The summed E-state index contributed by atoms with van der Waals surface area (Å²) in [7, 11) is 2.77. The lowest BCUT2D eigenvalue weighted by Gasteiger charge is -2.24. The summed E-state index contributed by atoms with van der Waals surface area (Å²) in [6.07, 6.45) is 1.12. The first-order valence-corrected chi connectivity index (χ1v) is 6.81. The van der Waals surface area contributed by atoms with Crippen LogP contribution in [0.5, 0.6) is 0 Å². The van der Waals surface area contributed by atoms with Gasteiger partial charge in [-0.1, -0.05) is 47.8 Å². The van der Waals surface area contributed by atoms with Crippen molar-refractivity contribution in [3.8, 4) is 0 Å². The molecule has 0 bridgehead atoms. The highest BCUT2D eigenvalue weighted by Crippen LogP contribution is 2.27. The van der Waals surface area contributed by atoms with Gasteiger partial charge in [0.15, 0.2) is 0 Å². The second kappa shape index (κ2) is 5.51. The summed E-state index contributed by atoms with van der Waals surface area (Å²) < 4.78 is 0. The molecule has 0 aliphatic carbocycles. The molecule has 1 unspecified atom stereocenters. The highest BCUT2D eigenvalue weighted by molar-refractivity contribution is 9.10. The highest BCUT2D eigenvalue weighted by atomic mass is 79.9. The van der Waals surface area contributed by atoms with E-state index >= 15 is 0 Å².